The van der Waals surface area contributed by atoms with Crippen molar-refractivity contribution in [1.29, 1.82) is 0 Å². The van der Waals surface area contributed by atoms with E-state index in [0.29, 0.717) is 5.92 Å². The zero-order valence-corrected chi connectivity index (χ0v) is 4.42. The fraction of sp³-hybridized carbons (Fsp3) is 1.00. The molecule has 1 fully saturated rings. The standard InChI is InChI=1S/C5H10O2/c1-4-2-3-7-5(4)6/h4-6H,2-3H2,1H3/t4-,5+/m1/s1. The second-order valence-electron chi connectivity index (χ2n) is 2.03. The highest BCUT2D eigenvalue weighted by Crippen LogP contribution is 2.16. The maximum absolute atomic E-state index is 8.78. The summed E-state index contributed by atoms with van der Waals surface area (Å²) in [6.45, 7) is 2.71. The van der Waals surface area contributed by atoms with E-state index in [1.807, 2.05) is 6.92 Å². The van der Waals surface area contributed by atoms with E-state index < -0.39 is 6.29 Å². The highest BCUT2D eigenvalue weighted by molar-refractivity contribution is 4.61. The van der Waals surface area contributed by atoms with Gasteiger partial charge in [0.2, 0.25) is 0 Å². The lowest BCUT2D eigenvalue weighted by Gasteiger charge is -2.03. The topological polar surface area (TPSA) is 29.5 Å². The van der Waals surface area contributed by atoms with E-state index in [-0.39, 0.29) is 0 Å². The molecule has 0 amide bonds. The molecule has 0 spiro atoms. The first kappa shape index (κ1) is 5.06. The second kappa shape index (κ2) is 1.80. The van der Waals surface area contributed by atoms with Gasteiger partial charge in [0.1, 0.15) is 0 Å². The van der Waals surface area contributed by atoms with Gasteiger partial charge >= 0.3 is 0 Å². The predicted molar refractivity (Wildman–Crippen MR) is 25.7 cm³/mol. The molecule has 0 aromatic heterocycles. The third kappa shape index (κ3) is 0.924. The van der Waals surface area contributed by atoms with E-state index >= 15 is 0 Å². The molecule has 1 rings (SSSR count). The molecule has 0 aromatic rings. The van der Waals surface area contributed by atoms with Gasteiger partial charge in [-0.05, 0) is 6.42 Å². The van der Waals surface area contributed by atoms with Crippen LogP contribution in [0.25, 0.3) is 0 Å². The first-order chi connectivity index (χ1) is 3.30. The van der Waals surface area contributed by atoms with Gasteiger partial charge in [-0.15, -0.1) is 0 Å². The smallest absolute Gasteiger partial charge is 0.157 e. The zero-order chi connectivity index (χ0) is 5.28. The summed E-state index contributed by atoms with van der Waals surface area (Å²) in [5, 5.41) is 8.78. The molecule has 0 aliphatic carbocycles. The Morgan fingerprint density at radius 2 is 2.43 bits per heavy atom. The minimum Gasteiger partial charge on any atom is -0.368 e. The van der Waals surface area contributed by atoms with Crippen LogP contribution < -0.4 is 0 Å². The SMILES string of the molecule is C[C@@H]1CCO[C@@H]1O. The van der Waals surface area contributed by atoms with Crippen molar-refractivity contribution in [2.45, 2.75) is 19.6 Å². The van der Waals surface area contributed by atoms with E-state index in [9.17, 15) is 0 Å². The van der Waals surface area contributed by atoms with Crippen molar-refractivity contribution in [2.75, 3.05) is 6.61 Å². The van der Waals surface area contributed by atoms with Crippen LogP contribution in [-0.2, 0) is 4.74 Å². The van der Waals surface area contributed by atoms with Crippen LogP contribution in [0.5, 0.6) is 0 Å². The van der Waals surface area contributed by atoms with Crippen LogP contribution in [0.1, 0.15) is 13.3 Å². The molecule has 7 heavy (non-hydrogen) atoms. The first-order valence-corrected chi connectivity index (χ1v) is 2.60. The summed E-state index contributed by atoms with van der Waals surface area (Å²) in [5.74, 6) is 0.347. The van der Waals surface area contributed by atoms with E-state index in [4.69, 9.17) is 9.84 Å². The van der Waals surface area contributed by atoms with Crippen LogP contribution in [0.3, 0.4) is 0 Å². The van der Waals surface area contributed by atoms with E-state index in [2.05, 4.69) is 0 Å². The molecule has 1 aliphatic rings. The maximum Gasteiger partial charge on any atom is 0.157 e. The van der Waals surface area contributed by atoms with Crippen LogP contribution in [0.15, 0.2) is 0 Å². The Morgan fingerprint density at radius 3 is 2.57 bits per heavy atom. The van der Waals surface area contributed by atoms with Crippen molar-refractivity contribution in [2.24, 2.45) is 5.92 Å². The molecule has 1 heterocycles. The van der Waals surface area contributed by atoms with Crippen molar-refractivity contribution in [3.05, 3.63) is 0 Å². The molecule has 0 radical (unpaired) electrons. The number of hydrogen-bond donors (Lipinski definition) is 1. The molecular weight excluding hydrogens is 92.1 g/mol. The summed E-state index contributed by atoms with van der Waals surface area (Å²) in [6, 6.07) is 0. The monoisotopic (exact) mass is 102 g/mol. The average molecular weight is 102 g/mol. The van der Waals surface area contributed by atoms with Crippen LogP contribution >= 0.6 is 0 Å². The van der Waals surface area contributed by atoms with Crippen LogP contribution in [0.2, 0.25) is 0 Å². The second-order valence-corrected chi connectivity index (χ2v) is 2.03. The number of ether oxygens (including phenoxy) is 1. The Morgan fingerprint density at radius 1 is 1.71 bits per heavy atom. The number of aliphatic hydroxyl groups is 1. The lowest BCUT2D eigenvalue weighted by Crippen LogP contribution is -2.10. The van der Waals surface area contributed by atoms with Crippen molar-refractivity contribution in [1.82, 2.24) is 0 Å². The predicted octanol–water partition coefficient (Wildman–Crippen LogP) is 0.361. The Bertz CT molecular complexity index is 55.1. The summed E-state index contributed by atoms with van der Waals surface area (Å²) in [4.78, 5) is 0. The molecule has 1 saturated heterocycles. The van der Waals surface area contributed by atoms with Gasteiger partial charge in [-0.3, -0.25) is 0 Å². The summed E-state index contributed by atoms with van der Waals surface area (Å²) < 4.78 is 4.82. The molecule has 0 aromatic carbocycles. The molecule has 1 aliphatic heterocycles. The summed E-state index contributed by atoms with van der Waals surface area (Å²) in [5.41, 5.74) is 0. The zero-order valence-electron chi connectivity index (χ0n) is 4.42. The molecule has 2 atom stereocenters. The number of hydrogen-bond acceptors (Lipinski definition) is 2. The Balaban J connectivity index is 2.33. The van der Waals surface area contributed by atoms with E-state index in [1.165, 1.54) is 0 Å². The van der Waals surface area contributed by atoms with Gasteiger partial charge in [0.05, 0.1) is 6.61 Å². The van der Waals surface area contributed by atoms with Crippen molar-refractivity contribution < 1.29 is 9.84 Å². The van der Waals surface area contributed by atoms with Gasteiger partial charge < -0.3 is 9.84 Å². The quantitative estimate of drug-likeness (QED) is 0.478. The third-order valence-electron chi connectivity index (χ3n) is 1.35. The van der Waals surface area contributed by atoms with E-state index in [0.717, 1.165) is 13.0 Å². The molecule has 0 unspecified atom stereocenters. The fourth-order valence-electron chi connectivity index (χ4n) is 0.682. The molecule has 1 N–H and O–H groups in total. The largest absolute Gasteiger partial charge is 0.368 e. The third-order valence-corrected chi connectivity index (χ3v) is 1.35. The molecule has 42 valence electrons. The van der Waals surface area contributed by atoms with Gasteiger partial charge in [0, 0.05) is 5.92 Å². The lowest BCUT2D eigenvalue weighted by molar-refractivity contribution is -0.0786. The van der Waals surface area contributed by atoms with E-state index in [1.54, 1.807) is 0 Å². The number of aliphatic hydroxyl groups excluding tert-OH is 1. The molecular formula is C5H10O2. The van der Waals surface area contributed by atoms with Gasteiger partial charge in [0.15, 0.2) is 6.29 Å². The lowest BCUT2D eigenvalue weighted by atomic mass is 10.1. The highest BCUT2D eigenvalue weighted by Gasteiger charge is 2.20. The first-order valence-electron chi connectivity index (χ1n) is 2.60. The van der Waals surface area contributed by atoms with Crippen LogP contribution in [-0.4, -0.2) is 18.0 Å². The summed E-state index contributed by atoms with van der Waals surface area (Å²) >= 11 is 0. The van der Waals surface area contributed by atoms with Crippen LogP contribution in [0, 0.1) is 5.92 Å². The average Bonchev–Trinajstić information content (AvgIpc) is 1.91. The Labute approximate surface area is 43.1 Å². The minimum absolute atomic E-state index is 0.347. The normalized spacial score (nSPS) is 42.0. The molecule has 0 saturated carbocycles. The van der Waals surface area contributed by atoms with Gasteiger partial charge in [-0.25, -0.2) is 0 Å². The van der Waals surface area contributed by atoms with Crippen molar-refractivity contribution in [3.63, 3.8) is 0 Å². The van der Waals surface area contributed by atoms with Crippen molar-refractivity contribution >= 4 is 0 Å². The highest BCUT2D eigenvalue weighted by atomic mass is 16.6. The maximum atomic E-state index is 8.78. The molecule has 0 bridgehead atoms. The van der Waals surface area contributed by atoms with Gasteiger partial charge in [0.25, 0.3) is 0 Å². The minimum atomic E-state index is -0.486. The molecule has 2 nitrogen and oxygen atoms in total. The fourth-order valence-corrected chi connectivity index (χ4v) is 0.682. The van der Waals surface area contributed by atoms with Crippen LogP contribution in [0.4, 0.5) is 0 Å². The molecule has 2 heteroatoms. The summed E-state index contributed by atoms with van der Waals surface area (Å²) in [6.07, 6.45) is 0.515. The van der Waals surface area contributed by atoms with Gasteiger partial charge in [-0.2, -0.15) is 0 Å². The Kier molecular flexibility index (Phi) is 1.30. The van der Waals surface area contributed by atoms with Crippen molar-refractivity contribution in [3.8, 4) is 0 Å². The van der Waals surface area contributed by atoms with Gasteiger partial charge in [-0.1, -0.05) is 6.92 Å². The summed E-state index contributed by atoms with van der Waals surface area (Å²) in [7, 11) is 0. The number of rotatable bonds is 0. The Hall–Kier alpha value is -0.0800.